The quantitative estimate of drug-likeness (QED) is 0.858. The van der Waals surface area contributed by atoms with E-state index in [0.717, 1.165) is 23.4 Å². The van der Waals surface area contributed by atoms with Crippen molar-refractivity contribution in [2.45, 2.75) is 40.3 Å². The van der Waals surface area contributed by atoms with Crippen molar-refractivity contribution < 1.29 is 9.13 Å². The molecule has 0 fully saturated rings. The highest BCUT2D eigenvalue weighted by Crippen LogP contribution is 2.28. The molecule has 0 unspecified atom stereocenters. The van der Waals surface area contributed by atoms with E-state index in [1.54, 1.807) is 6.07 Å². The molecule has 2 aromatic rings. The first-order chi connectivity index (χ1) is 9.95. The van der Waals surface area contributed by atoms with Gasteiger partial charge in [-0.15, -0.1) is 0 Å². The predicted octanol–water partition coefficient (Wildman–Crippen LogP) is 4.73. The van der Waals surface area contributed by atoms with Crippen LogP contribution in [0.15, 0.2) is 36.4 Å². The van der Waals surface area contributed by atoms with E-state index in [2.05, 4.69) is 31.3 Å². The number of hydrogen-bond acceptors (Lipinski definition) is 2. The van der Waals surface area contributed by atoms with Gasteiger partial charge in [0.1, 0.15) is 17.3 Å². The summed E-state index contributed by atoms with van der Waals surface area (Å²) in [5.41, 5.74) is 3.09. The van der Waals surface area contributed by atoms with Crippen LogP contribution in [0.3, 0.4) is 0 Å². The van der Waals surface area contributed by atoms with Gasteiger partial charge in [-0.2, -0.15) is 0 Å². The number of ether oxygens (including phenoxy) is 1. The van der Waals surface area contributed by atoms with Gasteiger partial charge >= 0.3 is 0 Å². The van der Waals surface area contributed by atoms with E-state index < -0.39 is 0 Å². The lowest BCUT2D eigenvalue weighted by atomic mass is 10.1. The standard InChI is InChI=1S/C18H22FNO/c1-12(2)20-11-15-5-7-17(13(3)9-15)21-18-8-6-16(19)10-14(18)4/h5-10,12,20H,11H2,1-4H3. The van der Waals surface area contributed by atoms with Gasteiger partial charge in [0, 0.05) is 12.6 Å². The van der Waals surface area contributed by atoms with Gasteiger partial charge in [-0.25, -0.2) is 4.39 Å². The minimum Gasteiger partial charge on any atom is -0.457 e. The van der Waals surface area contributed by atoms with E-state index in [1.807, 2.05) is 19.9 Å². The molecule has 0 bridgehead atoms. The van der Waals surface area contributed by atoms with Crippen LogP contribution in [0.5, 0.6) is 11.5 Å². The van der Waals surface area contributed by atoms with Crippen LogP contribution < -0.4 is 10.1 Å². The zero-order valence-corrected chi connectivity index (χ0v) is 13.0. The van der Waals surface area contributed by atoms with Crippen LogP contribution in [0.25, 0.3) is 0 Å². The molecule has 2 nitrogen and oxygen atoms in total. The Balaban J connectivity index is 2.13. The second kappa shape index (κ2) is 6.72. The lowest BCUT2D eigenvalue weighted by Crippen LogP contribution is -2.21. The van der Waals surface area contributed by atoms with Crippen molar-refractivity contribution in [1.82, 2.24) is 5.32 Å². The lowest BCUT2D eigenvalue weighted by Gasteiger charge is -2.13. The first-order valence-electron chi connectivity index (χ1n) is 7.22. The molecule has 0 radical (unpaired) electrons. The monoisotopic (exact) mass is 287 g/mol. The van der Waals surface area contributed by atoms with Crippen LogP contribution in [0.4, 0.5) is 4.39 Å². The molecule has 0 atom stereocenters. The maximum absolute atomic E-state index is 13.1. The van der Waals surface area contributed by atoms with Gasteiger partial charge in [-0.05, 0) is 54.8 Å². The van der Waals surface area contributed by atoms with Crippen molar-refractivity contribution in [3.05, 3.63) is 58.9 Å². The predicted molar refractivity (Wildman–Crippen MR) is 84.4 cm³/mol. The molecular formula is C18H22FNO. The fraction of sp³-hybridized carbons (Fsp3) is 0.333. The normalized spacial score (nSPS) is 11.0. The summed E-state index contributed by atoms with van der Waals surface area (Å²) in [5.74, 6) is 1.25. The van der Waals surface area contributed by atoms with Gasteiger partial charge < -0.3 is 10.1 Å². The summed E-state index contributed by atoms with van der Waals surface area (Å²) in [5, 5.41) is 3.39. The second-order valence-corrected chi connectivity index (χ2v) is 5.65. The molecular weight excluding hydrogens is 265 g/mol. The molecule has 0 aliphatic rings. The molecule has 2 rings (SSSR count). The average Bonchev–Trinajstić information content (AvgIpc) is 2.42. The van der Waals surface area contributed by atoms with Crippen molar-refractivity contribution in [2.75, 3.05) is 0 Å². The van der Waals surface area contributed by atoms with E-state index >= 15 is 0 Å². The van der Waals surface area contributed by atoms with Gasteiger partial charge in [-0.1, -0.05) is 26.0 Å². The van der Waals surface area contributed by atoms with Crippen molar-refractivity contribution in [3.63, 3.8) is 0 Å². The van der Waals surface area contributed by atoms with Crippen LogP contribution in [0.2, 0.25) is 0 Å². The molecule has 0 saturated heterocycles. The number of benzene rings is 2. The number of rotatable bonds is 5. The van der Waals surface area contributed by atoms with Crippen LogP contribution in [-0.4, -0.2) is 6.04 Å². The smallest absolute Gasteiger partial charge is 0.130 e. The van der Waals surface area contributed by atoms with Crippen LogP contribution in [0.1, 0.15) is 30.5 Å². The molecule has 21 heavy (non-hydrogen) atoms. The van der Waals surface area contributed by atoms with Gasteiger partial charge in [-0.3, -0.25) is 0 Å². The third-order valence-corrected chi connectivity index (χ3v) is 3.31. The summed E-state index contributed by atoms with van der Waals surface area (Å²) in [6.07, 6.45) is 0. The van der Waals surface area contributed by atoms with E-state index in [1.165, 1.54) is 17.7 Å². The molecule has 112 valence electrons. The third-order valence-electron chi connectivity index (χ3n) is 3.31. The first-order valence-corrected chi connectivity index (χ1v) is 7.22. The van der Waals surface area contributed by atoms with Crippen molar-refractivity contribution in [3.8, 4) is 11.5 Å². The summed E-state index contributed by atoms with van der Waals surface area (Å²) < 4.78 is 19.0. The van der Waals surface area contributed by atoms with Gasteiger partial charge in [0.25, 0.3) is 0 Å². The number of hydrogen-bond donors (Lipinski definition) is 1. The van der Waals surface area contributed by atoms with Crippen LogP contribution in [-0.2, 0) is 6.54 Å². The zero-order valence-electron chi connectivity index (χ0n) is 13.0. The minimum atomic E-state index is -0.244. The van der Waals surface area contributed by atoms with Crippen LogP contribution >= 0.6 is 0 Å². The third kappa shape index (κ3) is 4.30. The molecule has 0 aromatic heterocycles. The summed E-state index contributed by atoms with van der Waals surface area (Å²) in [6, 6.07) is 11.2. The highest BCUT2D eigenvalue weighted by molar-refractivity contribution is 5.42. The summed E-state index contributed by atoms with van der Waals surface area (Å²) in [6.45, 7) is 8.96. The maximum atomic E-state index is 13.1. The fourth-order valence-corrected chi connectivity index (χ4v) is 2.10. The summed E-state index contributed by atoms with van der Waals surface area (Å²) in [7, 11) is 0. The molecule has 0 aliphatic carbocycles. The zero-order chi connectivity index (χ0) is 15.4. The highest BCUT2D eigenvalue weighted by Gasteiger charge is 2.06. The Morgan fingerprint density at radius 1 is 1.00 bits per heavy atom. The largest absolute Gasteiger partial charge is 0.457 e. The van der Waals surface area contributed by atoms with Gasteiger partial charge in [0.05, 0.1) is 0 Å². The molecule has 0 heterocycles. The average molecular weight is 287 g/mol. The van der Waals surface area contributed by atoms with Gasteiger partial charge in [0.15, 0.2) is 0 Å². The second-order valence-electron chi connectivity index (χ2n) is 5.65. The molecule has 3 heteroatoms. The van der Waals surface area contributed by atoms with Gasteiger partial charge in [0.2, 0.25) is 0 Å². The number of nitrogens with one attached hydrogen (secondary N) is 1. The molecule has 0 amide bonds. The summed E-state index contributed by atoms with van der Waals surface area (Å²) in [4.78, 5) is 0. The lowest BCUT2D eigenvalue weighted by molar-refractivity contribution is 0.472. The molecule has 0 saturated carbocycles. The Bertz CT molecular complexity index is 623. The topological polar surface area (TPSA) is 21.3 Å². The Morgan fingerprint density at radius 3 is 2.19 bits per heavy atom. The molecule has 2 aromatic carbocycles. The van der Waals surface area contributed by atoms with Crippen LogP contribution in [0, 0.1) is 19.7 Å². The highest BCUT2D eigenvalue weighted by atomic mass is 19.1. The van der Waals surface area contributed by atoms with E-state index in [0.29, 0.717) is 11.8 Å². The fourth-order valence-electron chi connectivity index (χ4n) is 2.10. The van der Waals surface area contributed by atoms with Crippen molar-refractivity contribution >= 4 is 0 Å². The van der Waals surface area contributed by atoms with Crippen molar-refractivity contribution in [1.29, 1.82) is 0 Å². The van der Waals surface area contributed by atoms with E-state index in [-0.39, 0.29) is 5.82 Å². The van der Waals surface area contributed by atoms with E-state index in [9.17, 15) is 4.39 Å². The minimum absolute atomic E-state index is 0.244. The number of aryl methyl sites for hydroxylation is 2. The Kier molecular flexibility index (Phi) is 4.97. The van der Waals surface area contributed by atoms with Crippen molar-refractivity contribution in [2.24, 2.45) is 0 Å². The SMILES string of the molecule is Cc1cc(F)ccc1Oc1ccc(CNC(C)C)cc1C. The molecule has 0 spiro atoms. The van der Waals surface area contributed by atoms with E-state index in [4.69, 9.17) is 4.74 Å². The Morgan fingerprint density at radius 2 is 1.62 bits per heavy atom. The molecule has 0 aliphatic heterocycles. The Hall–Kier alpha value is -1.87. The molecule has 1 N–H and O–H groups in total. The number of halogens is 1. The summed E-state index contributed by atoms with van der Waals surface area (Å²) >= 11 is 0. The maximum Gasteiger partial charge on any atom is 0.130 e. The first kappa shape index (κ1) is 15.5. The Labute approximate surface area is 126 Å².